The van der Waals surface area contributed by atoms with Crippen LogP contribution in [0.3, 0.4) is 0 Å². The van der Waals surface area contributed by atoms with Crippen LogP contribution < -0.4 is 51.4 Å². The Balaban J connectivity index is -0.00000000800. The van der Waals surface area contributed by atoms with Crippen molar-refractivity contribution in [2.75, 3.05) is 0 Å². The molecule has 0 aliphatic rings. The van der Waals surface area contributed by atoms with Crippen molar-refractivity contribution in [3.8, 4) is 0 Å². The number of halogens is 1. The molecule has 0 fully saturated rings. The average molecular weight is 355 g/mol. The largest absolute Gasteiger partial charge is 1.00 e. The number of carboxylic acids is 2. The fraction of sp³-hybridized carbons (Fsp3) is 0.500. The molecule has 2 N–H and O–H groups in total. The Morgan fingerprint density at radius 1 is 1.08 bits per heavy atom. The summed E-state index contributed by atoms with van der Waals surface area (Å²) >= 11 is 0. The minimum Gasteiger partial charge on any atom is -1.00 e. The van der Waals surface area contributed by atoms with Crippen LogP contribution in [0.25, 0.3) is 0 Å². The van der Waals surface area contributed by atoms with Crippen molar-refractivity contribution < 1.29 is 106 Å². The summed E-state index contributed by atoms with van der Waals surface area (Å²) in [6, 6.07) is 0. The number of aliphatic carboxylic acids is 2. The Hall–Kier alpha value is 2.08. The van der Waals surface area contributed by atoms with E-state index in [9.17, 15) is 0 Å². The van der Waals surface area contributed by atoms with Gasteiger partial charge < -0.3 is 11.6 Å². The average Bonchev–Trinajstić information content (AvgIpc) is 1.25. The van der Waals surface area contributed by atoms with Crippen molar-refractivity contribution in [2.24, 2.45) is 0 Å². The van der Waals surface area contributed by atoms with Crippen LogP contribution in [0.5, 0.6) is 0 Å². The molecular formula is C4H10BrCoKMnO4. The molecule has 74 valence electrons. The van der Waals surface area contributed by atoms with E-state index in [-0.39, 0.29) is 104 Å². The molecule has 4 nitrogen and oxygen atoms in total. The van der Waals surface area contributed by atoms with Gasteiger partial charge in [0, 0.05) is 47.7 Å². The van der Waals surface area contributed by atoms with Crippen LogP contribution in [0.2, 0.25) is 0 Å². The van der Waals surface area contributed by atoms with Gasteiger partial charge in [0.05, 0.1) is 0 Å². The third-order valence-electron chi connectivity index (χ3n) is 0. The van der Waals surface area contributed by atoms with E-state index >= 15 is 0 Å². The number of hydrogen-bond donors (Lipinski definition) is 2. The first-order valence-corrected chi connectivity index (χ1v) is 1.86. The monoisotopic (exact) mass is 354 g/mol. The molecule has 0 spiro atoms. The van der Waals surface area contributed by atoms with Gasteiger partial charge in [-0.05, 0) is 0 Å². The van der Waals surface area contributed by atoms with Gasteiger partial charge in [0.1, 0.15) is 0 Å². The van der Waals surface area contributed by atoms with Crippen LogP contribution in [0.15, 0.2) is 0 Å². The molecule has 0 aromatic rings. The van der Waals surface area contributed by atoms with Gasteiger partial charge in [0.25, 0.3) is 11.9 Å². The van der Waals surface area contributed by atoms with Crippen LogP contribution in [0.4, 0.5) is 0 Å². The topological polar surface area (TPSA) is 74.6 Å². The predicted octanol–water partition coefficient (Wildman–Crippen LogP) is -2.13. The van der Waals surface area contributed by atoms with E-state index in [2.05, 4.69) is 0 Å². The first kappa shape index (κ1) is 36.9. The van der Waals surface area contributed by atoms with Gasteiger partial charge in [-0.1, -0.05) is 0 Å². The number of hydrogen-bond acceptors (Lipinski definition) is 2. The zero-order chi connectivity index (χ0) is 7.15. The molecule has 0 saturated heterocycles. The molecule has 0 unspecified atom stereocenters. The maximum Gasteiger partial charge on any atom is 1.00 e. The Kier molecular flexibility index (Phi) is 89.9. The van der Waals surface area contributed by atoms with E-state index in [1.165, 1.54) is 0 Å². The van der Waals surface area contributed by atoms with E-state index in [1.54, 1.807) is 0 Å². The minimum absolute atomic E-state index is 0. The van der Waals surface area contributed by atoms with Crippen molar-refractivity contribution in [3.63, 3.8) is 0 Å². The van der Waals surface area contributed by atoms with E-state index in [0.29, 0.717) is 0 Å². The first-order valence-electron chi connectivity index (χ1n) is 1.86. The van der Waals surface area contributed by atoms with Crippen LogP contribution in [0, 0.1) is 0 Å². The molecule has 0 bridgehead atoms. The maximum absolute atomic E-state index is 9.00. The van der Waals surface area contributed by atoms with Gasteiger partial charge in [-0.25, -0.2) is 0 Å². The van der Waals surface area contributed by atoms with E-state index in [4.69, 9.17) is 19.8 Å². The summed E-state index contributed by atoms with van der Waals surface area (Å²) in [4.78, 5) is 18.0. The first-order chi connectivity index (χ1) is 3.46. The fourth-order valence-electron chi connectivity index (χ4n) is 0. The van der Waals surface area contributed by atoms with Gasteiger partial charge in [0.15, 0.2) is 0 Å². The fourth-order valence-corrected chi connectivity index (χ4v) is 0. The number of carboxylic acid groups (broad SMARTS) is 2. The zero-order valence-electron chi connectivity index (χ0n) is 7.83. The van der Waals surface area contributed by atoms with Gasteiger partial charge in [0.2, 0.25) is 0 Å². The molecule has 0 aliphatic heterocycles. The normalized spacial score (nSPS) is 4.17. The van der Waals surface area contributed by atoms with E-state index in [0.717, 1.165) is 13.8 Å². The molecule has 0 aromatic carbocycles. The molecule has 0 aromatic heterocycles. The molecule has 8 heteroatoms. The van der Waals surface area contributed by atoms with Crippen molar-refractivity contribution in [2.45, 2.75) is 13.8 Å². The molecular weight excluding hydrogens is 345 g/mol. The Morgan fingerprint density at radius 2 is 1.08 bits per heavy atom. The Bertz CT molecular complexity index is 90.1. The van der Waals surface area contributed by atoms with Crippen LogP contribution in [0.1, 0.15) is 15.3 Å². The Labute approximate surface area is 147 Å². The second-order valence-electron chi connectivity index (χ2n) is 1.04. The third-order valence-corrected chi connectivity index (χ3v) is 0. The summed E-state index contributed by atoms with van der Waals surface area (Å²) in [6.45, 7) is 2.17. The summed E-state index contributed by atoms with van der Waals surface area (Å²) in [5.41, 5.74) is 0. The van der Waals surface area contributed by atoms with Gasteiger partial charge in [-0.2, -0.15) is 0 Å². The van der Waals surface area contributed by atoms with Crippen LogP contribution in [-0.4, -0.2) is 22.2 Å². The molecule has 0 heterocycles. The molecule has 0 rings (SSSR count). The smallest absolute Gasteiger partial charge is 1.00 e. The standard InChI is InChI=1S/2C2H4O2.BrH.Co.K.Mn.H/c2*1-2(3)4;;;;;/h2*1H3,(H,3,4);1H;;;;/q;;;;+1;;-1. The van der Waals surface area contributed by atoms with Gasteiger partial charge >= 0.3 is 51.4 Å². The summed E-state index contributed by atoms with van der Waals surface area (Å²) in [5, 5.41) is 14.8. The maximum atomic E-state index is 9.00. The SMILES string of the molecule is Br.CC(=O)O.CC(=O)O.[Co].[H-].[K+].[Mn]. The third kappa shape index (κ3) is 342. The van der Waals surface area contributed by atoms with Crippen LogP contribution >= 0.6 is 17.0 Å². The molecule has 0 aliphatic carbocycles. The summed E-state index contributed by atoms with van der Waals surface area (Å²) in [5.74, 6) is -1.67. The number of rotatable bonds is 0. The molecule has 0 atom stereocenters. The molecule has 0 saturated carbocycles. The predicted molar refractivity (Wildman–Crippen MR) is 38.1 cm³/mol. The zero-order valence-corrected chi connectivity index (χ0v) is 13.9. The number of carbonyl (C=O) groups is 2. The van der Waals surface area contributed by atoms with Crippen LogP contribution in [-0.2, 0) is 43.4 Å². The minimum atomic E-state index is -0.833. The van der Waals surface area contributed by atoms with Crippen molar-refractivity contribution in [1.29, 1.82) is 0 Å². The summed E-state index contributed by atoms with van der Waals surface area (Å²) in [6.07, 6.45) is 0. The van der Waals surface area contributed by atoms with Crippen molar-refractivity contribution in [1.82, 2.24) is 0 Å². The quantitative estimate of drug-likeness (QED) is 0.487. The second-order valence-corrected chi connectivity index (χ2v) is 1.04. The van der Waals surface area contributed by atoms with E-state index in [1.807, 2.05) is 0 Å². The summed E-state index contributed by atoms with van der Waals surface area (Å²) in [7, 11) is 0. The second kappa shape index (κ2) is 29.2. The van der Waals surface area contributed by atoms with Crippen molar-refractivity contribution >= 4 is 28.9 Å². The molecule has 0 amide bonds. The summed E-state index contributed by atoms with van der Waals surface area (Å²) < 4.78 is 0. The van der Waals surface area contributed by atoms with E-state index < -0.39 is 11.9 Å². The van der Waals surface area contributed by atoms with Gasteiger partial charge in [-0.3, -0.25) is 9.59 Å². The Morgan fingerprint density at radius 3 is 1.08 bits per heavy atom. The van der Waals surface area contributed by atoms with Crippen molar-refractivity contribution in [3.05, 3.63) is 0 Å². The molecule has 2 radical (unpaired) electrons. The van der Waals surface area contributed by atoms with Gasteiger partial charge in [-0.15, -0.1) is 17.0 Å². The molecule has 12 heavy (non-hydrogen) atoms.